The summed E-state index contributed by atoms with van der Waals surface area (Å²) in [6.45, 7) is 6.32. The van der Waals surface area contributed by atoms with Crippen molar-refractivity contribution in [2.75, 3.05) is 39.5 Å². The van der Waals surface area contributed by atoms with Gasteiger partial charge in [0.25, 0.3) is 5.91 Å². The second-order valence-electron chi connectivity index (χ2n) is 4.59. The van der Waals surface area contributed by atoms with Crippen LogP contribution in [0.5, 0.6) is 0 Å². The van der Waals surface area contributed by atoms with Gasteiger partial charge in [0.2, 0.25) is 0 Å². The van der Waals surface area contributed by atoms with Gasteiger partial charge < -0.3 is 19.7 Å². The number of carbonyl (C=O) groups excluding carboxylic acids is 1. The number of hydrogen-bond donors (Lipinski definition) is 1. The SMILES string of the molecule is CCNC1CCN(C(=O)C2COCCO2)CC1. The number of nitrogens with zero attached hydrogens (tertiary/aromatic N) is 1. The Morgan fingerprint density at radius 3 is 2.71 bits per heavy atom. The summed E-state index contributed by atoms with van der Waals surface area (Å²) in [6.07, 6.45) is 1.69. The minimum Gasteiger partial charge on any atom is -0.376 e. The van der Waals surface area contributed by atoms with E-state index in [1.807, 2.05) is 4.90 Å². The fourth-order valence-corrected chi connectivity index (χ4v) is 2.43. The quantitative estimate of drug-likeness (QED) is 0.757. The van der Waals surface area contributed by atoms with E-state index in [2.05, 4.69) is 12.2 Å². The molecule has 98 valence electrons. The molecular formula is C12H22N2O3. The zero-order chi connectivity index (χ0) is 12.1. The van der Waals surface area contributed by atoms with Gasteiger partial charge >= 0.3 is 0 Å². The predicted octanol–water partition coefficient (Wildman–Crippen LogP) is 0.00230. The van der Waals surface area contributed by atoms with E-state index in [9.17, 15) is 4.79 Å². The van der Waals surface area contributed by atoms with Crippen LogP contribution in [0, 0.1) is 0 Å². The van der Waals surface area contributed by atoms with Gasteiger partial charge in [-0.1, -0.05) is 6.92 Å². The minimum atomic E-state index is -0.376. The highest BCUT2D eigenvalue weighted by molar-refractivity contribution is 5.81. The molecule has 0 spiro atoms. The van der Waals surface area contributed by atoms with Crippen LogP contribution in [0.3, 0.4) is 0 Å². The molecule has 0 radical (unpaired) electrons. The number of likely N-dealkylation sites (tertiary alicyclic amines) is 1. The molecule has 0 aromatic carbocycles. The van der Waals surface area contributed by atoms with Gasteiger partial charge in [-0.15, -0.1) is 0 Å². The maximum atomic E-state index is 12.1. The molecule has 0 aromatic rings. The van der Waals surface area contributed by atoms with Crippen LogP contribution in [0.4, 0.5) is 0 Å². The van der Waals surface area contributed by atoms with Gasteiger partial charge in [0.1, 0.15) is 0 Å². The van der Waals surface area contributed by atoms with Crippen molar-refractivity contribution in [3.63, 3.8) is 0 Å². The van der Waals surface area contributed by atoms with Gasteiger partial charge in [-0.25, -0.2) is 0 Å². The van der Waals surface area contributed by atoms with E-state index in [0.717, 1.165) is 32.5 Å². The Morgan fingerprint density at radius 1 is 1.35 bits per heavy atom. The van der Waals surface area contributed by atoms with Crippen molar-refractivity contribution < 1.29 is 14.3 Å². The summed E-state index contributed by atoms with van der Waals surface area (Å²) >= 11 is 0. The average Bonchev–Trinajstić information content (AvgIpc) is 2.40. The maximum Gasteiger partial charge on any atom is 0.254 e. The molecule has 2 saturated heterocycles. The van der Waals surface area contributed by atoms with Crippen LogP contribution in [0.25, 0.3) is 0 Å². The third-order valence-corrected chi connectivity index (χ3v) is 3.39. The first kappa shape index (κ1) is 12.8. The highest BCUT2D eigenvalue weighted by Gasteiger charge is 2.30. The van der Waals surface area contributed by atoms with Gasteiger partial charge in [0, 0.05) is 19.1 Å². The summed E-state index contributed by atoms with van der Waals surface area (Å²) in [5.41, 5.74) is 0. The zero-order valence-corrected chi connectivity index (χ0v) is 10.5. The Morgan fingerprint density at radius 2 is 2.12 bits per heavy atom. The summed E-state index contributed by atoms with van der Waals surface area (Å²) in [7, 11) is 0. The first-order valence-corrected chi connectivity index (χ1v) is 6.52. The van der Waals surface area contributed by atoms with Crippen LogP contribution < -0.4 is 5.32 Å². The first-order valence-electron chi connectivity index (χ1n) is 6.52. The average molecular weight is 242 g/mol. The number of amides is 1. The van der Waals surface area contributed by atoms with Crippen molar-refractivity contribution in [2.45, 2.75) is 31.9 Å². The maximum absolute atomic E-state index is 12.1. The number of carbonyl (C=O) groups is 1. The normalized spacial score (nSPS) is 27.1. The van der Waals surface area contributed by atoms with Crippen molar-refractivity contribution in [2.24, 2.45) is 0 Å². The highest BCUT2D eigenvalue weighted by Crippen LogP contribution is 2.13. The van der Waals surface area contributed by atoms with Crippen molar-refractivity contribution in [3.05, 3.63) is 0 Å². The van der Waals surface area contributed by atoms with Crippen LogP contribution in [-0.2, 0) is 14.3 Å². The third-order valence-electron chi connectivity index (χ3n) is 3.39. The molecule has 2 aliphatic heterocycles. The Labute approximate surface area is 102 Å². The molecule has 0 saturated carbocycles. The highest BCUT2D eigenvalue weighted by atomic mass is 16.6. The third kappa shape index (κ3) is 3.40. The fourth-order valence-electron chi connectivity index (χ4n) is 2.43. The monoisotopic (exact) mass is 242 g/mol. The first-order chi connectivity index (χ1) is 8.31. The second-order valence-corrected chi connectivity index (χ2v) is 4.59. The molecule has 0 aliphatic carbocycles. The second kappa shape index (κ2) is 6.33. The largest absolute Gasteiger partial charge is 0.376 e. The van der Waals surface area contributed by atoms with E-state index in [0.29, 0.717) is 25.9 Å². The van der Waals surface area contributed by atoms with Crippen molar-refractivity contribution in [1.82, 2.24) is 10.2 Å². The molecule has 1 amide bonds. The van der Waals surface area contributed by atoms with Crippen LogP contribution in [0.1, 0.15) is 19.8 Å². The molecular weight excluding hydrogens is 220 g/mol. The zero-order valence-electron chi connectivity index (χ0n) is 10.5. The summed E-state index contributed by atoms with van der Waals surface area (Å²) < 4.78 is 10.7. The van der Waals surface area contributed by atoms with E-state index in [-0.39, 0.29) is 12.0 Å². The van der Waals surface area contributed by atoms with Crippen molar-refractivity contribution in [3.8, 4) is 0 Å². The van der Waals surface area contributed by atoms with Crippen LogP contribution >= 0.6 is 0 Å². The molecule has 5 heteroatoms. The Kier molecular flexibility index (Phi) is 4.76. The molecule has 1 atom stereocenters. The summed E-state index contributed by atoms with van der Waals surface area (Å²) in [6, 6.07) is 0.563. The lowest BCUT2D eigenvalue weighted by Crippen LogP contribution is -2.50. The topological polar surface area (TPSA) is 50.8 Å². The molecule has 2 aliphatic rings. The van der Waals surface area contributed by atoms with E-state index in [1.165, 1.54) is 0 Å². The smallest absolute Gasteiger partial charge is 0.254 e. The van der Waals surface area contributed by atoms with Gasteiger partial charge in [-0.3, -0.25) is 4.79 Å². The summed E-state index contributed by atoms with van der Waals surface area (Å²) in [4.78, 5) is 14.0. The van der Waals surface area contributed by atoms with Gasteiger partial charge in [-0.05, 0) is 19.4 Å². The Bertz CT molecular complexity index is 246. The lowest BCUT2D eigenvalue weighted by atomic mass is 10.0. The van der Waals surface area contributed by atoms with E-state index < -0.39 is 0 Å². The molecule has 5 nitrogen and oxygen atoms in total. The predicted molar refractivity (Wildman–Crippen MR) is 63.8 cm³/mol. The minimum absolute atomic E-state index is 0.0969. The molecule has 0 bridgehead atoms. The van der Waals surface area contributed by atoms with E-state index >= 15 is 0 Å². The number of rotatable bonds is 3. The lowest BCUT2D eigenvalue weighted by molar-refractivity contribution is -0.159. The van der Waals surface area contributed by atoms with E-state index in [1.54, 1.807) is 0 Å². The fraction of sp³-hybridized carbons (Fsp3) is 0.917. The van der Waals surface area contributed by atoms with Gasteiger partial charge in [0.05, 0.1) is 19.8 Å². The van der Waals surface area contributed by atoms with Crippen LogP contribution in [-0.4, -0.2) is 62.4 Å². The number of piperidine rings is 1. The Hall–Kier alpha value is -0.650. The number of ether oxygens (including phenoxy) is 2. The number of hydrogen-bond acceptors (Lipinski definition) is 4. The van der Waals surface area contributed by atoms with Crippen LogP contribution in [0.15, 0.2) is 0 Å². The molecule has 2 rings (SSSR count). The Balaban J connectivity index is 1.77. The lowest BCUT2D eigenvalue weighted by Gasteiger charge is -2.35. The molecule has 17 heavy (non-hydrogen) atoms. The van der Waals surface area contributed by atoms with Crippen molar-refractivity contribution in [1.29, 1.82) is 0 Å². The van der Waals surface area contributed by atoms with Crippen molar-refractivity contribution >= 4 is 5.91 Å². The molecule has 2 fully saturated rings. The van der Waals surface area contributed by atoms with Gasteiger partial charge in [0.15, 0.2) is 6.10 Å². The molecule has 2 heterocycles. The molecule has 0 aromatic heterocycles. The molecule has 1 unspecified atom stereocenters. The summed E-state index contributed by atoms with van der Waals surface area (Å²) in [5.74, 6) is 0.0969. The van der Waals surface area contributed by atoms with Crippen LogP contribution in [0.2, 0.25) is 0 Å². The van der Waals surface area contributed by atoms with Gasteiger partial charge in [-0.2, -0.15) is 0 Å². The standard InChI is InChI=1S/C12H22N2O3/c1-2-13-10-3-5-14(6-4-10)12(15)11-9-16-7-8-17-11/h10-11,13H,2-9H2,1H3. The van der Waals surface area contributed by atoms with E-state index in [4.69, 9.17) is 9.47 Å². The summed E-state index contributed by atoms with van der Waals surface area (Å²) in [5, 5.41) is 3.43. The number of nitrogens with one attached hydrogen (secondary N) is 1. The molecule has 1 N–H and O–H groups in total.